The lowest BCUT2D eigenvalue weighted by Gasteiger charge is -2.32. The van der Waals surface area contributed by atoms with Gasteiger partial charge in [0.1, 0.15) is 6.61 Å². The molecule has 1 rings (SSSR count). The van der Waals surface area contributed by atoms with Crippen LogP contribution < -0.4 is 10.5 Å². The smallest absolute Gasteiger partial charge is 0.238 e. The molecule has 0 saturated carbocycles. The lowest BCUT2D eigenvalue weighted by atomic mass is 10.1. The normalized spacial score (nSPS) is 12.0. The second-order valence-electron chi connectivity index (χ2n) is 5.39. The summed E-state index contributed by atoms with van der Waals surface area (Å²) >= 11 is 0. The molecule has 1 heterocycles. The summed E-state index contributed by atoms with van der Waals surface area (Å²) in [5.41, 5.74) is 8.60. The third kappa shape index (κ3) is 3.17. The SMILES string of the molecule is Cc1nnc(OCC(C)(C)N(C)C)c(CN)c1C. The summed E-state index contributed by atoms with van der Waals surface area (Å²) in [6.45, 7) is 9.11. The molecule has 5 heteroatoms. The second-order valence-corrected chi connectivity index (χ2v) is 5.39. The first-order valence-corrected chi connectivity index (χ1v) is 6.12. The Hall–Kier alpha value is -1.20. The zero-order chi connectivity index (χ0) is 13.9. The number of nitrogens with zero attached hydrogens (tertiary/aromatic N) is 3. The van der Waals surface area contributed by atoms with Gasteiger partial charge in [-0.25, -0.2) is 0 Å². The molecule has 2 N–H and O–H groups in total. The summed E-state index contributed by atoms with van der Waals surface area (Å²) in [6.07, 6.45) is 0. The van der Waals surface area contributed by atoms with Crippen LogP contribution in [0.5, 0.6) is 5.88 Å². The standard InChI is InChI=1S/C13H24N4O/c1-9-10(2)15-16-12(11(9)7-14)18-8-13(3,4)17(5)6/h7-8,14H2,1-6H3. The maximum Gasteiger partial charge on any atom is 0.238 e. The summed E-state index contributed by atoms with van der Waals surface area (Å²) in [7, 11) is 4.05. The lowest BCUT2D eigenvalue weighted by Crippen LogP contribution is -2.43. The molecule has 0 bridgehead atoms. The molecule has 0 radical (unpaired) electrons. The molecule has 1 aromatic heterocycles. The number of hydrogen-bond donors (Lipinski definition) is 1. The first kappa shape index (κ1) is 14.9. The van der Waals surface area contributed by atoms with Gasteiger partial charge in [-0.05, 0) is 47.4 Å². The van der Waals surface area contributed by atoms with Gasteiger partial charge in [-0.2, -0.15) is 5.10 Å². The number of ether oxygens (including phenoxy) is 1. The predicted molar refractivity (Wildman–Crippen MR) is 72.7 cm³/mol. The molecule has 0 atom stereocenters. The third-order valence-corrected chi connectivity index (χ3v) is 3.52. The summed E-state index contributed by atoms with van der Waals surface area (Å²) < 4.78 is 5.79. The van der Waals surface area contributed by atoms with Gasteiger partial charge in [0.05, 0.1) is 5.69 Å². The highest BCUT2D eigenvalue weighted by atomic mass is 16.5. The number of aromatic nitrogens is 2. The molecular weight excluding hydrogens is 228 g/mol. The quantitative estimate of drug-likeness (QED) is 0.855. The molecule has 0 aromatic carbocycles. The lowest BCUT2D eigenvalue weighted by molar-refractivity contribution is 0.109. The Morgan fingerprint density at radius 1 is 1.22 bits per heavy atom. The molecule has 5 nitrogen and oxygen atoms in total. The molecule has 0 aliphatic heterocycles. The van der Waals surface area contributed by atoms with Gasteiger partial charge < -0.3 is 15.4 Å². The van der Waals surface area contributed by atoms with Crippen molar-refractivity contribution in [3.8, 4) is 5.88 Å². The Labute approximate surface area is 109 Å². The number of hydrogen-bond acceptors (Lipinski definition) is 5. The molecule has 1 aromatic rings. The van der Waals surface area contributed by atoms with Crippen LogP contribution in [0.2, 0.25) is 0 Å². The van der Waals surface area contributed by atoms with Crippen LogP contribution in [0.15, 0.2) is 0 Å². The van der Waals surface area contributed by atoms with Crippen molar-refractivity contribution in [1.82, 2.24) is 15.1 Å². The van der Waals surface area contributed by atoms with E-state index in [1.807, 2.05) is 27.9 Å². The van der Waals surface area contributed by atoms with E-state index in [9.17, 15) is 0 Å². The van der Waals surface area contributed by atoms with Crippen LogP contribution in [0.25, 0.3) is 0 Å². The van der Waals surface area contributed by atoms with Crippen molar-refractivity contribution in [1.29, 1.82) is 0 Å². The number of aryl methyl sites for hydroxylation is 1. The molecule has 0 aliphatic carbocycles. The van der Waals surface area contributed by atoms with Crippen LogP contribution in [0.4, 0.5) is 0 Å². The monoisotopic (exact) mass is 252 g/mol. The van der Waals surface area contributed by atoms with E-state index in [1.165, 1.54) is 0 Å². The average Bonchev–Trinajstić information content (AvgIpc) is 2.30. The molecular formula is C13H24N4O. The van der Waals surface area contributed by atoms with E-state index in [1.54, 1.807) is 0 Å². The van der Waals surface area contributed by atoms with E-state index in [0.717, 1.165) is 16.8 Å². The largest absolute Gasteiger partial charge is 0.474 e. The minimum Gasteiger partial charge on any atom is -0.474 e. The Morgan fingerprint density at radius 2 is 1.83 bits per heavy atom. The number of nitrogens with two attached hydrogens (primary N) is 1. The van der Waals surface area contributed by atoms with Gasteiger partial charge in [-0.15, -0.1) is 5.10 Å². The Bertz CT molecular complexity index is 416. The highest BCUT2D eigenvalue weighted by Crippen LogP contribution is 2.21. The third-order valence-electron chi connectivity index (χ3n) is 3.52. The maximum atomic E-state index is 5.79. The fraction of sp³-hybridized carbons (Fsp3) is 0.692. The van der Waals surface area contributed by atoms with E-state index in [-0.39, 0.29) is 5.54 Å². The molecule has 0 aliphatic rings. The zero-order valence-electron chi connectivity index (χ0n) is 12.2. The Kier molecular flexibility index (Phi) is 4.65. The molecule has 0 amide bonds. The van der Waals surface area contributed by atoms with Gasteiger partial charge in [0.15, 0.2) is 0 Å². The van der Waals surface area contributed by atoms with Crippen LogP contribution in [-0.2, 0) is 6.54 Å². The van der Waals surface area contributed by atoms with E-state index in [0.29, 0.717) is 19.0 Å². The Morgan fingerprint density at radius 3 is 2.33 bits per heavy atom. The predicted octanol–water partition coefficient (Wildman–Crippen LogP) is 1.27. The van der Waals surface area contributed by atoms with Crippen molar-refractivity contribution in [2.24, 2.45) is 5.73 Å². The number of likely N-dealkylation sites (N-methyl/N-ethyl adjacent to an activating group) is 1. The molecule has 0 unspecified atom stereocenters. The van der Waals surface area contributed by atoms with Crippen LogP contribution in [0.3, 0.4) is 0 Å². The Balaban J connectivity index is 2.89. The zero-order valence-corrected chi connectivity index (χ0v) is 12.2. The molecule has 0 fully saturated rings. The molecule has 18 heavy (non-hydrogen) atoms. The van der Waals surface area contributed by atoms with Crippen molar-refractivity contribution in [3.63, 3.8) is 0 Å². The van der Waals surface area contributed by atoms with Crippen molar-refractivity contribution in [3.05, 3.63) is 16.8 Å². The fourth-order valence-corrected chi connectivity index (χ4v) is 1.36. The topological polar surface area (TPSA) is 64.3 Å². The first-order chi connectivity index (χ1) is 8.29. The minimum atomic E-state index is -0.0632. The van der Waals surface area contributed by atoms with Crippen LogP contribution >= 0.6 is 0 Å². The minimum absolute atomic E-state index is 0.0632. The van der Waals surface area contributed by atoms with Crippen molar-refractivity contribution >= 4 is 0 Å². The summed E-state index contributed by atoms with van der Waals surface area (Å²) in [5.74, 6) is 0.551. The average molecular weight is 252 g/mol. The first-order valence-electron chi connectivity index (χ1n) is 6.12. The van der Waals surface area contributed by atoms with Crippen LogP contribution in [0.1, 0.15) is 30.7 Å². The maximum absolute atomic E-state index is 5.79. The fourth-order valence-electron chi connectivity index (χ4n) is 1.36. The van der Waals surface area contributed by atoms with E-state index in [2.05, 4.69) is 28.9 Å². The van der Waals surface area contributed by atoms with Gasteiger partial charge in [-0.1, -0.05) is 0 Å². The van der Waals surface area contributed by atoms with Gasteiger partial charge in [0.25, 0.3) is 0 Å². The second kappa shape index (κ2) is 5.63. The van der Waals surface area contributed by atoms with Gasteiger partial charge in [0.2, 0.25) is 5.88 Å². The number of rotatable bonds is 5. The summed E-state index contributed by atoms with van der Waals surface area (Å²) in [5, 5.41) is 8.19. The van der Waals surface area contributed by atoms with Gasteiger partial charge in [0, 0.05) is 17.6 Å². The van der Waals surface area contributed by atoms with Gasteiger partial charge in [-0.3, -0.25) is 0 Å². The van der Waals surface area contributed by atoms with Crippen molar-refractivity contribution in [2.45, 2.75) is 39.8 Å². The van der Waals surface area contributed by atoms with Crippen LogP contribution in [0, 0.1) is 13.8 Å². The van der Waals surface area contributed by atoms with E-state index in [4.69, 9.17) is 10.5 Å². The van der Waals surface area contributed by atoms with Crippen LogP contribution in [-0.4, -0.2) is 41.3 Å². The molecule has 0 saturated heterocycles. The highest BCUT2D eigenvalue weighted by Gasteiger charge is 2.22. The highest BCUT2D eigenvalue weighted by molar-refractivity contribution is 5.35. The van der Waals surface area contributed by atoms with Crippen molar-refractivity contribution < 1.29 is 4.74 Å². The summed E-state index contributed by atoms with van der Waals surface area (Å²) in [6, 6.07) is 0. The summed E-state index contributed by atoms with van der Waals surface area (Å²) in [4.78, 5) is 2.11. The molecule has 102 valence electrons. The van der Waals surface area contributed by atoms with E-state index >= 15 is 0 Å². The van der Waals surface area contributed by atoms with Crippen molar-refractivity contribution in [2.75, 3.05) is 20.7 Å². The molecule has 0 spiro atoms. The van der Waals surface area contributed by atoms with Gasteiger partial charge >= 0.3 is 0 Å². The van der Waals surface area contributed by atoms with E-state index < -0.39 is 0 Å².